The molecule has 0 spiro atoms. The number of pyridine rings is 1. The Morgan fingerprint density at radius 1 is 0.927 bits per heavy atom. The highest BCUT2D eigenvalue weighted by atomic mass is 19.4. The molecule has 0 saturated carbocycles. The number of hydrogen-bond donors (Lipinski definition) is 1. The molecule has 2 aromatic heterocycles. The van der Waals surface area contributed by atoms with Gasteiger partial charge in [-0.25, -0.2) is 9.97 Å². The van der Waals surface area contributed by atoms with Crippen molar-refractivity contribution >= 4 is 22.9 Å². The van der Waals surface area contributed by atoms with Gasteiger partial charge in [-0.15, -0.1) is 0 Å². The number of amides is 1. The highest BCUT2D eigenvalue weighted by molar-refractivity contribution is 6.00. The molecule has 214 valence electrons. The number of piperazine rings is 1. The molecule has 4 aromatic rings. The normalized spacial score (nSPS) is 16.5. The molecule has 6 rings (SSSR count). The molecule has 1 aliphatic heterocycles. The maximum Gasteiger partial charge on any atom is 0.405 e. The first-order valence-corrected chi connectivity index (χ1v) is 14.1. The summed E-state index contributed by atoms with van der Waals surface area (Å²) in [6, 6.07) is 19.2. The van der Waals surface area contributed by atoms with Crippen LogP contribution in [0.15, 0.2) is 67.0 Å². The number of alkyl halides is 3. The van der Waals surface area contributed by atoms with Crippen molar-refractivity contribution in [2.45, 2.75) is 30.9 Å². The Balaban J connectivity index is 1.12. The van der Waals surface area contributed by atoms with Crippen LogP contribution in [0.2, 0.25) is 0 Å². The summed E-state index contributed by atoms with van der Waals surface area (Å²) in [5.74, 6) is 0.366. The minimum Gasteiger partial charge on any atom is -0.354 e. The van der Waals surface area contributed by atoms with E-state index in [-0.39, 0.29) is 0 Å². The SMILES string of the molecule is Cn1cnc2ccc(N3CCN(CCCCC4(C(=O)NCC(F)(F)F)c5ccccc5-c5ccccc54)CC3)nc21. The molecule has 0 atom stereocenters. The molecule has 3 heterocycles. The van der Waals surface area contributed by atoms with Crippen LogP contribution in [0.4, 0.5) is 19.0 Å². The lowest BCUT2D eigenvalue weighted by atomic mass is 9.73. The smallest absolute Gasteiger partial charge is 0.354 e. The third-order valence-corrected chi connectivity index (χ3v) is 8.42. The van der Waals surface area contributed by atoms with Crippen molar-refractivity contribution in [3.05, 3.63) is 78.1 Å². The molecule has 1 saturated heterocycles. The number of anilines is 1. The van der Waals surface area contributed by atoms with E-state index in [9.17, 15) is 18.0 Å². The summed E-state index contributed by atoms with van der Waals surface area (Å²) in [7, 11) is 1.94. The fraction of sp³-hybridized carbons (Fsp3) is 0.387. The molecule has 1 fully saturated rings. The predicted octanol–water partition coefficient (Wildman–Crippen LogP) is 4.91. The summed E-state index contributed by atoms with van der Waals surface area (Å²) < 4.78 is 41.2. The van der Waals surface area contributed by atoms with Gasteiger partial charge in [0.25, 0.3) is 0 Å². The molecule has 10 heteroatoms. The number of fused-ring (bicyclic) bond motifs is 4. The molecule has 41 heavy (non-hydrogen) atoms. The number of rotatable bonds is 8. The van der Waals surface area contributed by atoms with E-state index in [0.29, 0.717) is 12.8 Å². The summed E-state index contributed by atoms with van der Waals surface area (Å²) in [4.78, 5) is 27.5. The van der Waals surface area contributed by atoms with Crippen LogP contribution in [0, 0.1) is 0 Å². The standard InChI is InChI=1S/C31H33F3N6O/c1-38-21-36-26-12-13-27(37-28(26)38)40-18-16-39(17-19-40)15-7-6-14-30(29(41)35-20-31(32,33)34)24-10-4-2-8-22(24)23-9-3-5-11-25(23)30/h2-5,8-13,21H,6-7,14-20H2,1H3,(H,35,41). The number of carbonyl (C=O) groups is 1. The van der Waals surface area contributed by atoms with E-state index in [4.69, 9.17) is 4.98 Å². The molecule has 1 aliphatic carbocycles. The number of halogens is 3. The summed E-state index contributed by atoms with van der Waals surface area (Å²) in [5.41, 5.74) is 4.01. The van der Waals surface area contributed by atoms with Crippen molar-refractivity contribution in [3.8, 4) is 11.1 Å². The first-order valence-electron chi connectivity index (χ1n) is 14.1. The molecule has 2 aromatic carbocycles. The van der Waals surface area contributed by atoms with Gasteiger partial charge in [-0.05, 0) is 53.8 Å². The minimum absolute atomic E-state index is 0.444. The van der Waals surface area contributed by atoms with Crippen molar-refractivity contribution in [2.24, 2.45) is 7.05 Å². The zero-order valence-electron chi connectivity index (χ0n) is 23.0. The Labute approximate surface area is 237 Å². The largest absolute Gasteiger partial charge is 0.405 e. The van der Waals surface area contributed by atoms with Gasteiger partial charge in [-0.2, -0.15) is 13.2 Å². The highest BCUT2D eigenvalue weighted by Crippen LogP contribution is 2.51. The number of imidazole rings is 1. The average molecular weight is 563 g/mol. The Morgan fingerprint density at radius 2 is 1.59 bits per heavy atom. The zero-order chi connectivity index (χ0) is 28.6. The summed E-state index contributed by atoms with van der Waals surface area (Å²) in [6.07, 6.45) is -0.708. The van der Waals surface area contributed by atoms with E-state index in [2.05, 4.69) is 20.1 Å². The van der Waals surface area contributed by atoms with Gasteiger partial charge in [0, 0.05) is 33.2 Å². The maximum atomic E-state index is 13.7. The number of benzene rings is 2. The molecule has 0 unspecified atom stereocenters. The third-order valence-electron chi connectivity index (χ3n) is 8.42. The van der Waals surface area contributed by atoms with Gasteiger partial charge in [0.05, 0.1) is 6.33 Å². The van der Waals surface area contributed by atoms with E-state index in [1.54, 1.807) is 6.33 Å². The lowest BCUT2D eigenvalue weighted by Gasteiger charge is -2.36. The van der Waals surface area contributed by atoms with Crippen molar-refractivity contribution in [1.29, 1.82) is 0 Å². The van der Waals surface area contributed by atoms with Crippen LogP contribution in [0.25, 0.3) is 22.3 Å². The molecule has 2 aliphatic rings. The fourth-order valence-electron chi connectivity index (χ4n) is 6.38. The van der Waals surface area contributed by atoms with Crippen LogP contribution in [0.1, 0.15) is 30.4 Å². The van der Waals surface area contributed by atoms with E-state index in [1.165, 1.54) is 0 Å². The number of carbonyl (C=O) groups excluding carboxylic acids is 1. The van der Waals surface area contributed by atoms with Gasteiger partial charge in [0.1, 0.15) is 23.3 Å². The van der Waals surface area contributed by atoms with E-state index in [1.807, 2.05) is 72.3 Å². The Kier molecular flexibility index (Phi) is 7.19. The highest BCUT2D eigenvalue weighted by Gasteiger charge is 2.49. The van der Waals surface area contributed by atoms with Crippen molar-refractivity contribution in [3.63, 3.8) is 0 Å². The minimum atomic E-state index is -4.48. The van der Waals surface area contributed by atoms with Crippen LogP contribution in [0.5, 0.6) is 0 Å². The molecular formula is C31H33F3N6O. The topological polar surface area (TPSA) is 66.3 Å². The average Bonchev–Trinajstić information content (AvgIpc) is 3.49. The molecule has 0 radical (unpaired) electrons. The van der Waals surface area contributed by atoms with Gasteiger partial charge in [0.15, 0.2) is 5.65 Å². The fourth-order valence-corrected chi connectivity index (χ4v) is 6.38. The first-order chi connectivity index (χ1) is 19.8. The third kappa shape index (κ3) is 5.16. The van der Waals surface area contributed by atoms with Crippen LogP contribution >= 0.6 is 0 Å². The first kappa shape index (κ1) is 27.3. The van der Waals surface area contributed by atoms with Crippen molar-refractivity contribution in [1.82, 2.24) is 24.8 Å². The van der Waals surface area contributed by atoms with Crippen LogP contribution < -0.4 is 10.2 Å². The zero-order valence-corrected chi connectivity index (χ0v) is 23.0. The monoisotopic (exact) mass is 562 g/mol. The van der Waals surface area contributed by atoms with Gasteiger partial charge in [-0.3, -0.25) is 9.69 Å². The Morgan fingerprint density at radius 3 is 2.24 bits per heavy atom. The van der Waals surface area contributed by atoms with Crippen molar-refractivity contribution < 1.29 is 18.0 Å². The number of hydrogen-bond acceptors (Lipinski definition) is 5. The second-order valence-electron chi connectivity index (χ2n) is 10.9. The number of nitrogens with one attached hydrogen (secondary N) is 1. The van der Waals surface area contributed by atoms with Gasteiger partial charge >= 0.3 is 6.18 Å². The van der Waals surface area contributed by atoms with Gasteiger partial charge in [-0.1, -0.05) is 55.0 Å². The summed E-state index contributed by atoms with van der Waals surface area (Å²) >= 11 is 0. The number of aryl methyl sites for hydroxylation is 1. The molecule has 1 N–H and O–H groups in total. The van der Waals surface area contributed by atoms with Crippen molar-refractivity contribution in [2.75, 3.05) is 44.2 Å². The van der Waals surface area contributed by atoms with Crippen LogP contribution in [-0.2, 0) is 17.3 Å². The van der Waals surface area contributed by atoms with E-state index < -0.39 is 24.0 Å². The van der Waals surface area contributed by atoms with E-state index in [0.717, 1.165) is 78.4 Å². The second kappa shape index (κ2) is 10.8. The van der Waals surface area contributed by atoms with E-state index >= 15 is 0 Å². The Bertz CT molecular complexity index is 1510. The molecule has 7 nitrogen and oxygen atoms in total. The summed E-state index contributed by atoms with van der Waals surface area (Å²) in [6.45, 7) is 3.04. The number of aromatic nitrogens is 3. The van der Waals surface area contributed by atoms with Crippen LogP contribution in [-0.4, -0.2) is 70.8 Å². The quantitative estimate of drug-likeness (QED) is 0.310. The lowest BCUT2D eigenvalue weighted by molar-refractivity contribution is -0.141. The lowest BCUT2D eigenvalue weighted by Crippen LogP contribution is -2.48. The molecule has 0 bridgehead atoms. The van der Waals surface area contributed by atoms with Gasteiger partial charge in [0.2, 0.25) is 5.91 Å². The molecule has 1 amide bonds. The molecular weight excluding hydrogens is 529 g/mol. The maximum absolute atomic E-state index is 13.7. The van der Waals surface area contributed by atoms with Gasteiger partial charge < -0.3 is 14.8 Å². The second-order valence-corrected chi connectivity index (χ2v) is 10.9. The number of nitrogens with zero attached hydrogens (tertiary/aromatic N) is 5. The Hall–Kier alpha value is -3.92. The van der Waals surface area contributed by atoms with Crippen LogP contribution in [0.3, 0.4) is 0 Å². The summed E-state index contributed by atoms with van der Waals surface area (Å²) in [5, 5.41) is 2.22. The number of unbranched alkanes of at least 4 members (excludes halogenated alkanes) is 1. The predicted molar refractivity (Wildman–Crippen MR) is 153 cm³/mol.